The Hall–Kier alpha value is -2.77. The molecule has 1 atom stereocenters. The molecule has 2 heterocycles. The zero-order chi connectivity index (χ0) is 20.0. The molecule has 0 aliphatic carbocycles. The van der Waals surface area contributed by atoms with Crippen LogP contribution in [0, 0.1) is 6.92 Å². The number of carbonyl (C=O) groups excluding carboxylic acids is 1. The van der Waals surface area contributed by atoms with E-state index in [1.54, 1.807) is 37.2 Å². The second-order valence-corrected chi connectivity index (χ2v) is 6.22. The molecule has 0 radical (unpaired) electrons. The summed E-state index contributed by atoms with van der Waals surface area (Å²) in [6.07, 6.45) is 7.69. The van der Waals surface area contributed by atoms with Crippen LogP contribution in [-0.4, -0.2) is 41.1 Å². The molecule has 0 bridgehead atoms. The number of nitrogens with zero attached hydrogens (tertiary/aromatic N) is 3. The zero-order valence-electron chi connectivity index (χ0n) is 15.6. The lowest BCUT2D eigenvalue weighted by atomic mass is 10.3. The summed E-state index contributed by atoms with van der Waals surface area (Å²) in [6.45, 7) is 7.58. The van der Waals surface area contributed by atoms with Crippen molar-refractivity contribution in [1.29, 1.82) is 0 Å². The summed E-state index contributed by atoms with van der Waals surface area (Å²) in [4.78, 5) is 22.3. The van der Waals surface area contributed by atoms with Crippen LogP contribution < -0.4 is 4.90 Å². The molecular formula is C19H23F2N3O3. The molecule has 0 saturated carbocycles. The van der Waals surface area contributed by atoms with Gasteiger partial charge in [-0.15, -0.1) is 0 Å². The van der Waals surface area contributed by atoms with Crippen LogP contribution in [0.4, 0.5) is 14.5 Å². The quantitative estimate of drug-likeness (QED) is 0.511. The highest BCUT2D eigenvalue weighted by atomic mass is 19.3. The van der Waals surface area contributed by atoms with E-state index in [1.165, 1.54) is 12.2 Å². The summed E-state index contributed by atoms with van der Waals surface area (Å²) in [5.41, 5.74) is 0.622. The minimum absolute atomic E-state index is 0.0793. The number of hydrogen-bond donors (Lipinski definition) is 0. The number of allylic oxidation sites excluding steroid dienone is 3. The smallest absolute Gasteiger partial charge is 0.278 e. The van der Waals surface area contributed by atoms with Crippen LogP contribution in [0.1, 0.15) is 26.1 Å². The van der Waals surface area contributed by atoms with Gasteiger partial charge in [0.1, 0.15) is 17.3 Å². The van der Waals surface area contributed by atoms with Crippen molar-refractivity contribution < 1.29 is 23.0 Å². The fourth-order valence-electron chi connectivity index (χ4n) is 2.36. The van der Waals surface area contributed by atoms with Crippen LogP contribution in [0.15, 0.2) is 48.7 Å². The largest absolute Gasteiger partial charge is 0.488 e. The third-order valence-electron chi connectivity index (χ3n) is 3.74. The summed E-state index contributed by atoms with van der Waals surface area (Å²) >= 11 is 0. The number of alkyl halides is 2. The molecule has 0 spiro atoms. The van der Waals surface area contributed by atoms with Gasteiger partial charge in [-0.25, -0.2) is 18.7 Å². The van der Waals surface area contributed by atoms with Crippen LogP contribution in [0.25, 0.3) is 0 Å². The first-order valence-electron chi connectivity index (χ1n) is 8.50. The molecule has 146 valence electrons. The fraction of sp³-hybridized carbons (Fsp3) is 0.421. The van der Waals surface area contributed by atoms with Crippen LogP contribution in [0.3, 0.4) is 0 Å². The van der Waals surface area contributed by atoms with E-state index in [0.29, 0.717) is 30.2 Å². The highest BCUT2D eigenvalue weighted by Crippen LogP contribution is 2.24. The van der Waals surface area contributed by atoms with E-state index in [-0.39, 0.29) is 11.7 Å². The number of halogens is 2. The average Bonchev–Trinajstić information content (AvgIpc) is 2.97. The molecule has 0 aromatic carbocycles. The number of aromatic nitrogens is 2. The Morgan fingerprint density at radius 3 is 2.67 bits per heavy atom. The van der Waals surface area contributed by atoms with Gasteiger partial charge in [0.25, 0.3) is 11.8 Å². The van der Waals surface area contributed by atoms with E-state index in [1.807, 2.05) is 0 Å². The van der Waals surface area contributed by atoms with Crippen molar-refractivity contribution in [3.63, 3.8) is 0 Å². The Labute approximate surface area is 157 Å². The van der Waals surface area contributed by atoms with Crippen molar-refractivity contribution in [2.24, 2.45) is 0 Å². The topological polar surface area (TPSA) is 64.5 Å². The second-order valence-electron chi connectivity index (χ2n) is 6.22. The summed E-state index contributed by atoms with van der Waals surface area (Å²) in [7, 11) is 0. The molecule has 8 heteroatoms. The lowest BCUT2D eigenvalue weighted by Crippen LogP contribution is -2.30. The summed E-state index contributed by atoms with van der Waals surface area (Å²) in [6, 6.07) is 0. The van der Waals surface area contributed by atoms with Crippen molar-refractivity contribution >= 4 is 11.6 Å². The van der Waals surface area contributed by atoms with Gasteiger partial charge in [0.15, 0.2) is 12.7 Å². The van der Waals surface area contributed by atoms with E-state index in [2.05, 4.69) is 16.5 Å². The highest BCUT2D eigenvalue weighted by molar-refractivity contribution is 5.98. The number of carbonyl (C=O) groups is 1. The maximum Gasteiger partial charge on any atom is 0.278 e. The van der Waals surface area contributed by atoms with Crippen LogP contribution >= 0.6 is 0 Å². The number of anilines is 1. The highest BCUT2D eigenvalue weighted by Gasteiger charge is 2.34. The van der Waals surface area contributed by atoms with E-state index in [4.69, 9.17) is 9.47 Å². The van der Waals surface area contributed by atoms with Gasteiger partial charge in [-0.1, -0.05) is 6.58 Å². The Morgan fingerprint density at radius 1 is 1.41 bits per heavy atom. The predicted molar refractivity (Wildman–Crippen MR) is 97.2 cm³/mol. The van der Waals surface area contributed by atoms with Crippen molar-refractivity contribution in [1.82, 2.24) is 9.97 Å². The first-order chi connectivity index (χ1) is 12.7. The normalized spacial score (nSPS) is 18.3. The number of ether oxygens (including phenoxy) is 2. The van der Waals surface area contributed by atoms with Gasteiger partial charge < -0.3 is 14.4 Å². The van der Waals surface area contributed by atoms with Crippen LogP contribution in [-0.2, 0) is 14.3 Å². The molecule has 2 rings (SSSR count). The Bertz CT molecular complexity index is 740. The van der Waals surface area contributed by atoms with Crippen molar-refractivity contribution in [2.75, 3.05) is 18.1 Å². The summed E-state index contributed by atoms with van der Waals surface area (Å²) in [5, 5.41) is 0. The van der Waals surface area contributed by atoms with Crippen molar-refractivity contribution in [3.8, 4) is 0 Å². The minimum atomic E-state index is -2.93. The lowest BCUT2D eigenvalue weighted by molar-refractivity contribution is -0.124. The molecule has 6 nitrogen and oxygen atoms in total. The Kier molecular flexibility index (Phi) is 6.65. The molecule has 1 aromatic rings. The average molecular weight is 379 g/mol. The van der Waals surface area contributed by atoms with Gasteiger partial charge in [-0.3, -0.25) is 4.79 Å². The maximum absolute atomic E-state index is 12.8. The maximum atomic E-state index is 12.8. The number of rotatable bonds is 8. The monoisotopic (exact) mass is 379 g/mol. The fourth-order valence-corrected chi connectivity index (χ4v) is 2.36. The predicted octanol–water partition coefficient (Wildman–Crippen LogP) is 3.55. The van der Waals surface area contributed by atoms with Crippen LogP contribution in [0.2, 0.25) is 0 Å². The molecule has 1 amide bonds. The van der Waals surface area contributed by atoms with Gasteiger partial charge >= 0.3 is 0 Å². The SMILES string of the molecule is C=C(/C=C\C(=C/C)O[C@@H]1CCN(c2cnc(C)nc2)C1=O)OCC(C)(F)F. The third kappa shape index (κ3) is 6.16. The van der Waals surface area contributed by atoms with E-state index >= 15 is 0 Å². The molecule has 1 aliphatic heterocycles. The first-order valence-corrected chi connectivity index (χ1v) is 8.50. The summed E-state index contributed by atoms with van der Waals surface area (Å²) < 4.78 is 36.2. The molecule has 1 aliphatic rings. The molecule has 27 heavy (non-hydrogen) atoms. The van der Waals surface area contributed by atoms with Crippen molar-refractivity contribution in [3.05, 3.63) is 54.5 Å². The van der Waals surface area contributed by atoms with Gasteiger partial charge in [-0.2, -0.15) is 0 Å². The number of amides is 1. The van der Waals surface area contributed by atoms with E-state index in [0.717, 1.165) is 6.92 Å². The van der Waals surface area contributed by atoms with Gasteiger partial charge in [0, 0.05) is 19.9 Å². The van der Waals surface area contributed by atoms with E-state index < -0.39 is 18.6 Å². The van der Waals surface area contributed by atoms with Gasteiger partial charge in [0.2, 0.25) is 0 Å². The van der Waals surface area contributed by atoms with Crippen molar-refractivity contribution in [2.45, 2.75) is 39.2 Å². The summed E-state index contributed by atoms with van der Waals surface area (Å²) in [5.74, 6) is -1.99. The molecule has 0 unspecified atom stereocenters. The van der Waals surface area contributed by atoms with Gasteiger partial charge in [0.05, 0.1) is 18.1 Å². The molecule has 1 aromatic heterocycles. The zero-order valence-corrected chi connectivity index (χ0v) is 15.6. The Balaban J connectivity index is 1.93. The van der Waals surface area contributed by atoms with Crippen LogP contribution in [0.5, 0.6) is 0 Å². The minimum Gasteiger partial charge on any atom is -0.488 e. The lowest BCUT2D eigenvalue weighted by Gasteiger charge is -2.17. The standard InChI is InChI=1S/C19H23F2N3O3/c1-5-16(7-6-13(2)26-12-19(4,20)21)27-17-8-9-24(18(17)25)15-10-22-14(3)23-11-15/h5-7,10-11,17H,2,8-9,12H2,1,3-4H3/b7-6-,16-5+/t17-/m1/s1. The first kappa shape index (κ1) is 20.5. The molecule has 0 N–H and O–H groups in total. The number of hydrogen-bond acceptors (Lipinski definition) is 5. The third-order valence-corrected chi connectivity index (χ3v) is 3.74. The second kappa shape index (κ2) is 8.75. The molecule has 1 fully saturated rings. The Morgan fingerprint density at radius 2 is 2.07 bits per heavy atom. The van der Waals surface area contributed by atoms with E-state index in [9.17, 15) is 13.6 Å². The molecular weight excluding hydrogens is 356 g/mol. The number of aryl methyl sites for hydroxylation is 1. The van der Waals surface area contributed by atoms with Gasteiger partial charge in [-0.05, 0) is 32.1 Å². The molecule has 1 saturated heterocycles.